The summed E-state index contributed by atoms with van der Waals surface area (Å²) >= 11 is 12.5. The average molecular weight is 394 g/mol. The molecule has 0 radical (unpaired) electrons. The number of hydrogen-bond acceptors (Lipinski definition) is 4. The van der Waals surface area contributed by atoms with Gasteiger partial charge < -0.3 is 9.47 Å². The van der Waals surface area contributed by atoms with Crippen LogP contribution in [0.1, 0.15) is 30.9 Å². The molecule has 0 aliphatic carbocycles. The third-order valence-electron chi connectivity index (χ3n) is 5.46. The zero-order valence-corrected chi connectivity index (χ0v) is 16.5. The first-order valence-corrected chi connectivity index (χ1v) is 10.3. The predicted molar refractivity (Wildman–Crippen MR) is 106 cm³/mol. The molecule has 1 aromatic carbocycles. The number of aromatic nitrogens is 3. The van der Waals surface area contributed by atoms with Crippen molar-refractivity contribution in [3.05, 3.63) is 39.9 Å². The van der Waals surface area contributed by atoms with E-state index in [4.69, 9.17) is 23.2 Å². The molecule has 0 bridgehead atoms. The maximum atomic E-state index is 6.34. The number of hydrogen-bond donors (Lipinski definition) is 0. The quantitative estimate of drug-likeness (QED) is 0.793. The molecule has 0 spiro atoms. The highest BCUT2D eigenvalue weighted by molar-refractivity contribution is 6.35. The van der Waals surface area contributed by atoms with E-state index in [0.29, 0.717) is 0 Å². The molecule has 0 amide bonds. The molecule has 1 fully saturated rings. The number of aryl methyl sites for hydroxylation is 1. The molecule has 2 aliphatic heterocycles. The molecular weight excluding hydrogens is 369 g/mol. The van der Waals surface area contributed by atoms with E-state index in [1.165, 1.54) is 25.1 Å². The SMILES string of the molecule is Clc1ccc(Cl)c(N2CCN(CCc3nnc4n3CCCCC4)CC2)c1. The number of nitrogens with zero attached hydrogens (tertiary/aromatic N) is 5. The van der Waals surface area contributed by atoms with Gasteiger partial charge in [-0.05, 0) is 31.0 Å². The molecule has 7 heteroatoms. The highest BCUT2D eigenvalue weighted by atomic mass is 35.5. The maximum absolute atomic E-state index is 6.34. The summed E-state index contributed by atoms with van der Waals surface area (Å²) in [7, 11) is 0. The van der Waals surface area contributed by atoms with Crippen LogP contribution in [0.4, 0.5) is 5.69 Å². The van der Waals surface area contributed by atoms with Crippen molar-refractivity contribution in [3.63, 3.8) is 0 Å². The number of benzene rings is 1. The Morgan fingerprint density at radius 1 is 0.923 bits per heavy atom. The third-order valence-corrected chi connectivity index (χ3v) is 6.01. The minimum atomic E-state index is 0.735. The van der Waals surface area contributed by atoms with Crippen LogP contribution in [-0.4, -0.2) is 52.4 Å². The number of anilines is 1. The minimum Gasteiger partial charge on any atom is -0.368 e. The van der Waals surface area contributed by atoms with Gasteiger partial charge in [-0.15, -0.1) is 10.2 Å². The number of halogens is 2. The smallest absolute Gasteiger partial charge is 0.134 e. The lowest BCUT2D eigenvalue weighted by atomic mass is 10.2. The van der Waals surface area contributed by atoms with Gasteiger partial charge in [-0.3, -0.25) is 4.90 Å². The molecular formula is C19H25Cl2N5. The lowest BCUT2D eigenvalue weighted by Gasteiger charge is -2.36. The fraction of sp³-hybridized carbons (Fsp3) is 0.579. The predicted octanol–water partition coefficient (Wildman–Crippen LogP) is 3.68. The van der Waals surface area contributed by atoms with Gasteiger partial charge in [-0.25, -0.2) is 0 Å². The standard InChI is InChI=1S/C19H25Cl2N5/c20-15-5-6-16(21)17(14-15)25-12-10-24(11-13-25)9-7-19-23-22-18-4-2-1-3-8-26(18)19/h5-6,14H,1-4,7-13H2. The molecule has 0 saturated carbocycles. The first-order valence-electron chi connectivity index (χ1n) is 9.54. The Balaban J connectivity index is 1.32. The van der Waals surface area contributed by atoms with Gasteiger partial charge in [0.25, 0.3) is 0 Å². The van der Waals surface area contributed by atoms with Crippen LogP contribution in [-0.2, 0) is 19.4 Å². The average Bonchev–Trinajstić information content (AvgIpc) is 2.89. The summed E-state index contributed by atoms with van der Waals surface area (Å²) in [6, 6.07) is 5.68. The van der Waals surface area contributed by atoms with Crippen molar-refractivity contribution in [2.45, 2.75) is 38.6 Å². The van der Waals surface area contributed by atoms with Crippen molar-refractivity contribution in [2.75, 3.05) is 37.6 Å². The summed E-state index contributed by atoms with van der Waals surface area (Å²) in [5.41, 5.74) is 1.04. The minimum absolute atomic E-state index is 0.735. The number of fused-ring (bicyclic) bond motifs is 1. The monoisotopic (exact) mass is 393 g/mol. The number of piperazine rings is 1. The van der Waals surface area contributed by atoms with Crippen molar-refractivity contribution in [1.82, 2.24) is 19.7 Å². The molecule has 0 unspecified atom stereocenters. The summed E-state index contributed by atoms with van der Waals surface area (Å²) in [6.45, 7) is 6.12. The van der Waals surface area contributed by atoms with Gasteiger partial charge in [0.1, 0.15) is 11.6 Å². The molecule has 0 atom stereocenters. The van der Waals surface area contributed by atoms with Crippen molar-refractivity contribution >= 4 is 28.9 Å². The van der Waals surface area contributed by atoms with E-state index in [1.54, 1.807) is 0 Å². The van der Waals surface area contributed by atoms with Crippen molar-refractivity contribution in [3.8, 4) is 0 Å². The molecule has 2 aliphatic rings. The van der Waals surface area contributed by atoms with Gasteiger partial charge in [0.05, 0.1) is 10.7 Å². The largest absolute Gasteiger partial charge is 0.368 e. The van der Waals surface area contributed by atoms with Crippen LogP contribution in [0.15, 0.2) is 18.2 Å². The molecule has 140 valence electrons. The van der Waals surface area contributed by atoms with Gasteiger partial charge in [-0.2, -0.15) is 0 Å². The first kappa shape index (κ1) is 18.1. The van der Waals surface area contributed by atoms with Crippen molar-refractivity contribution < 1.29 is 0 Å². The molecule has 1 saturated heterocycles. The van der Waals surface area contributed by atoms with Crippen LogP contribution in [0, 0.1) is 0 Å². The van der Waals surface area contributed by atoms with Crippen molar-refractivity contribution in [1.29, 1.82) is 0 Å². The van der Waals surface area contributed by atoms with Crippen LogP contribution < -0.4 is 4.90 Å². The van der Waals surface area contributed by atoms with E-state index in [9.17, 15) is 0 Å². The van der Waals surface area contributed by atoms with Crippen LogP contribution in [0.3, 0.4) is 0 Å². The fourth-order valence-corrected chi connectivity index (χ4v) is 4.33. The molecule has 2 aromatic rings. The summed E-state index contributed by atoms with van der Waals surface area (Å²) in [5, 5.41) is 10.4. The second-order valence-corrected chi connectivity index (χ2v) is 8.01. The zero-order chi connectivity index (χ0) is 17.9. The van der Waals surface area contributed by atoms with Crippen LogP contribution in [0.5, 0.6) is 0 Å². The van der Waals surface area contributed by atoms with Gasteiger partial charge in [-0.1, -0.05) is 29.6 Å². The molecule has 4 rings (SSSR count). The molecule has 0 N–H and O–H groups in total. The summed E-state index contributed by atoms with van der Waals surface area (Å²) in [4.78, 5) is 4.83. The second-order valence-electron chi connectivity index (χ2n) is 7.17. The van der Waals surface area contributed by atoms with E-state index < -0.39 is 0 Å². The van der Waals surface area contributed by atoms with E-state index in [0.717, 1.165) is 73.7 Å². The van der Waals surface area contributed by atoms with Crippen molar-refractivity contribution in [2.24, 2.45) is 0 Å². The maximum Gasteiger partial charge on any atom is 0.134 e. The van der Waals surface area contributed by atoms with E-state index >= 15 is 0 Å². The van der Waals surface area contributed by atoms with Crippen LogP contribution in [0.2, 0.25) is 10.0 Å². The summed E-state index contributed by atoms with van der Waals surface area (Å²) < 4.78 is 2.36. The van der Waals surface area contributed by atoms with Gasteiger partial charge in [0.2, 0.25) is 0 Å². The Bertz CT molecular complexity index is 752. The van der Waals surface area contributed by atoms with E-state index in [-0.39, 0.29) is 0 Å². The number of rotatable bonds is 4. The van der Waals surface area contributed by atoms with Crippen LogP contribution in [0.25, 0.3) is 0 Å². The Labute approximate surface area is 164 Å². The Morgan fingerprint density at radius 2 is 1.77 bits per heavy atom. The first-order chi connectivity index (χ1) is 12.7. The van der Waals surface area contributed by atoms with E-state index in [1.807, 2.05) is 18.2 Å². The normalized spacial score (nSPS) is 18.6. The fourth-order valence-electron chi connectivity index (χ4n) is 3.93. The molecule has 26 heavy (non-hydrogen) atoms. The van der Waals surface area contributed by atoms with Gasteiger partial charge in [0.15, 0.2) is 0 Å². The zero-order valence-electron chi connectivity index (χ0n) is 15.0. The van der Waals surface area contributed by atoms with Gasteiger partial charge >= 0.3 is 0 Å². The second kappa shape index (κ2) is 8.15. The Hall–Kier alpha value is -1.30. The Morgan fingerprint density at radius 3 is 2.62 bits per heavy atom. The molecule has 5 nitrogen and oxygen atoms in total. The highest BCUT2D eigenvalue weighted by Crippen LogP contribution is 2.29. The summed E-state index contributed by atoms with van der Waals surface area (Å²) in [5.74, 6) is 2.33. The lowest BCUT2D eigenvalue weighted by molar-refractivity contribution is 0.258. The Kier molecular flexibility index (Phi) is 5.67. The third kappa shape index (κ3) is 4.00. The molecule has 3 heterocycles. The van der Waals surface area contributed by atoms with Gasteiger partial charge in [0, 0.05) is 57.1 Å². The highest BCUT2D eigenvalue weighted by Gasteiger charge is 2.20. The lowest BCUT2D eigenvalue weighted by Crippen LogP contribution is -2.47. The topological polar surface area (TPSA) is 37.2 Å². The summed E-state index contributed by atoms with van der Waals surface area (Å²) in [6.07, 6.45) is 5.84. The van der Waals surface area contributed by atoms with E-state index in [2.05, 4.69) is 24.6 Å². The molecule has 1 aromatic heterocycles. The van der Waals surface area contributed by atoms with Crippen LogP contribution >= 0.6 is 23.2 Å².